The molecule has 30 heavy (non-hydrogen) atoms. The van der Waals surface area contributed by atoms with Crippen LogP contribution >= 0.6 is 11.6 Å². The minimum absolute atomic E-state index is 0.0207. The van der Waals surface area contributed by atoms with Gasteiger partial charge in [-0.2, -0.15) is 0 Å². The van der Waals surface area contributed by atoms with Gasteiger partial charge in [0.1, 0.15) is 0 Å². The number of sulfone groups is 1. The standard InChI is InChI=1S/C20H21ClN2O6S/c1-28-20(25)16-11-13(23-7-9-29-10-8-23)3-6-18(16)22-19(24)15-12-14(30(2,26)27)4-5-17(15)21/h3-6,11-12H,7-10H2,1-2H3,(H,22,24). The van der Waals surface area contributed by atoms with Gasteiger partial charge >= 0.3 is 5.97 Å². The van der Waals surface area contributed by atoms with E-state index in [4.69, 9.17) is 21.1 Å². The number of amides is 1. The second-order valence-electron chi connectivity index (χ2n) is 6.69. The molecule has 0 spiro atoms. The Morgan fingerprint density at radius 1 is 1.10 bits per heavy atom. The molecule has 0 saturated carbocycles. The van der Waals surface area contributed by atoms with Crippen LogP contribution in [-0.4, -0.2) is 60.0 Å². The maximum absolute atomic E-state index is 12.8. The van der Waals surface area contributed by atoms with Crippen molar-refractivity contribution in [1.29, 1.82) is 0 Å². The van der Waals surface area contributed by atoms with E-state index in [0.717, 1.165) is 11.9 Å². The summed E-state index contributed by atoms with van der Waals surface area (Å²) in [5.74, 6) is -1.26. The van der Waals surface area contributed by atoms with Crippen molar-refractivity contribution in [2.45, 2.75) is 4.90 Å². The number of morpholine rings is 1. The van der Waals surface area contributed by atoms with Crippen molar-refractivity contribution in [3.63, 3.8) is 0 Å². The molecule has 160 valence electrons. The number of rotatable bonds is 5. The van der Waals surface area contributed by atoms with Gasteiger partial charge in [0.05, 0.1) is 47.1 Å². The zero-order valence-corrected chi connectivity index (χ0v) is 18.0. The van der Waals surface area contributed by atoms with Crippen molar-refractivity contribution in [2.24, 2.45) is 0 Å². The van der Waals surface area contributed by atoms with Gasteiger partial charge in [-0.05, 0) is 36.4 Å². The summed E-state index contributed by atoms with van der Waals surface area (Å²) in [6.07, 6.45) is 1.04. The third-order valence-electron chi connectivity index (χ3n) is 4.64. The summed E-state index contributed by atoms with van der Waals surface area (Å²) in [5.41, 5.74) is 1.18. The minimum atomic E-state index is -3.52. The molecule has 0 radical (unpaired) electrons. The summed E-state index contributed by atoms with van der Waals surface area (Å²) in [4.78, 5) is 27.1. The first-order valence-corrected chi connectivity index (χ1v) is 11.3. The molecule has 0 bridgehead atoms. The third-order valence-corrected chi connectivity index (χ3v) is 6.08. The summed E-state index contributed by atoms with van der Waals surface area (Å²) in [6, 6.07) is 8.89. The van der Waals surface area contributed by atoms with Crippen molar-refractivity contribution in [1.82, 2.24) is 0 Å². The van der Waals surface area contributed by atoms with E-state index in [-0.39, 0.29) is 26.7 Å². The monoisotopic (exact) mass is 452 g/mol. The molecule has 1 fully saturated rings. The van der Waals surface area contributed by atoms with Crippen LogP contribution in [0.3, 0.4) is 0 Å². The van der Waals surface area contributed by atoms with E-state index in [2.05, 4.69) is 10.2 Å². The maximum Gasteiger partial charge on any atom is 0.340 e. The van der Waals surface area contributed by atoms with Gasteiger partial charge in [0.15, 0.2) is 9.84 Å². The van der Waals surface area contributed by atoms with Gasteiger partial charge in [0.2, 0.25) is 0 Å². The van der Waals surface area contributed by atoms with Crippen molar-refractivity contribution < 1.29 is 27.5 Å². The Hall–Kier alpha value is -2.62. The zero-order valence-electron chi connectivity index (χ0n) is 16.5. The average Bonchev–Trinajstić information content (AvgIpc) is 2.73. The summed E-state index contributed by atoms with van der Waals surface area (Å²) >= 11 is 6.10. The number of carbonyl (C=O) groups is 2. The number of carbonyl (C=O) groups excluding carboxylic acids is 2. The molecule has 1 amide bonds. The largest absolute Gasteiger partial charge is 0.465 e. The quantitative estimate of drug-likeness (QED) is 0.695. The maximum atomic E-state index is 12.8. The molecular weight excluding hydrogens is 432 g/mol. The molecule has 8 nitrogen and oxygen atoms in total. The lowest BCUT2D eigenvalue weighted by molar-refractivity contribution is 0.0602. The number of nitrogens with one attached hydrogen (secondary N) is 1. The van der Waals surface area contributed by atoms with Crippen LogP contribution in [0.4, 0.5) is 11.4 Å². The average molecular weight is 453 g/mol. The van der Waals surface area contributed by atoms with E-state index in [9.17, 15) is 18.0 Å². The number of hydrogen-bond donors (Lipinski definition) is 1. The van der Waals surface area contributed by atoms with Crippen molar-refractivity contribution >= 4 is 44.7 Å². The molecule has 1 saturated heterocycles. The second-order valence-corrected chi connectivity index (χ2v) is 9.11. The predicted molar refractivity (Wildman–Crippen MR) is 113 cm³/mol. The number of hydrogen-bond acceptors (Lipinski definition) is 7. The summed E-state index contributed by atoms with van der Waals surface area (Å²) in [6.45, 7) is 2.53. The summed E-state index contributed by atoms with van der Waals surface area (Å²) in [5, 5.41) is 2.72. The molecule has 0 unspecified atom stereocenters. The first-order valence-electron chi connectivity index (χ1n) is 9.06. The number of ether oxygens (including phenoxy) is 2. The van der Waals surface area contributed by atoms with Crippen LogP contribution in [0.1, 0.15) is 20.7 Å². The molecule has 3 rings (SSSR count). The molecule has 1 N–H and O–H groups in total. The molecule has 0 aromatic heterocycles. The van der Waals surface area contributed by atoms with Crippen molar-refractivity contribution in [3.05, 3.63) is 52.5 Å². The van der Waals surface area contributed by atoms with E-state index in [1.54, 1.807) is 18.2 Å². The van der Waals surface area contributed by atoms with Gasteiger partial charge < -0.3 is 19.7 Å². The summed E-state index contributed by atoms with van der Waals surface area (Å²) in [7, 11) is -2.27. The number of methoxy groups -OCH3 is 1. The Morgan fingerprint density at radius 3 is 2.43 bits per heavy atom. The molecule has 2 aromatic rings. The van der Waals surface area contributed by atoms with Gasteiger partial charge in [0, 0.05) is 25.0 Å². The fourth-order valence-electron chi connectivity index (χ4n) is 3.04. The normalized spacial score (nSPS) is 14.3. The van der Waals surface area contributed by atoms with Crippen LogP contribution in [0.15, 0.2) is 41.3 Å². The molecule has 1 aliphatic heterocycles. The smallest absolute Gasteiger partial charge is 0.340 e. The first-order chi connectivity index (χ1) is 14.2. The highest BCUT2D eigenvalue weighted by atomic mass is 35.5. The van der Waals surface area contributed by atoms with E-state index in [1.165, 1.54) is 25.3 Å². The van der Waals surface area contributed by atoms with Crippen molar-refractivity contribution in [3.8, 4) is 0 Å². The zero-order chi connectivity index (χ0) is 21.9. The lowest BCUT2D eigenvalue weighted by Gasteiger charge is -2.29. The highest BCUT2D eigenvalue weighted by Gasteiger charge is 2.21. The fraction of sp³-hybridized carbons (Fsp3) is 0.300. The van der Waals surface area contributed by atoms with Crippen LogP contribution < -0.4 is 10.2 Å². The molecule has 0 aliphatic carbocycles. The first kappa shape index (κ1) is 22.1. The minimum Gasteiger partial charge on any atom is -0.465 e. The number of halogens is 1. The molecule has 2 aromatic carbocycles. The van der Waals surface area contributed by atoms with Crippen LogP contribution in [0.25, 0.3) is 0 Å². The fourth-order valence-corrected chi connectivity index (χ4v) is 3.89. The predicted octanol–water partition coefficient (Wildman–Crippen LogP) is 2.62. The van der Waals surface area contributed by atoms with Gasteiger partial charge in [0.25, 0.3) is 5.91 Å². The molecule has 1 heterocycles. The van der Waals surface area contributed by atoms with E-state index in [1.807, 2.05) is 0 Å². The van der Waals surface area contributed by atoms with E-state index in [0.29, 0.717) is 26.3 Å². The molecule has 0 atom stereocenters. The Kier molecular flexibility index (Phi) is 6.64. The Morgan fingerprint density at radius 2 is 1.80 bits per heavy atom. The second kappa shape index (κ2) is 9.03. The molecular formula is C20H21ClN2O6S. The lowest BCUT2D eigenvalue weighted by atomic mass is 10.1. The topological polar surface area (TPSA) is 102 Å². The summed E-state index contributed by atoms with van der Waals surface area (Å²) < 4.78 is 33.8. The Bertz CT molecular complexity index is 1080. The highest BCUT2D eigenvalue weighted by molar-refractivity contribution is 7.90. The van der Waals surface area contributed by atoms with Crippen LogP contribution in [-0.2, 0) is 19.3 Å². The molecule has 1 aliphatic rings. The Balaban J connectivity index is 1.94. The van der Waals surface area contributed by atoms with Gasteiger partial charge in [-0.1, -0.05) is 11.6 Å². The van der Waals surface area contributed by atoms with Gasteiger partial charge in [-0.15, -0.1) is 0 Å². The molecule has 10 heteroatoms. The van der Waals surface area contributed by atoms with Crippen LogP contribution in [0.5, 0.6) is 0 Å². The number of benzene rings is 2. The van der Waals surface area contributed by atoms with Crippen LogP contribution in [0, 0.1) is 0 Å². The van der Waals surface area contributed by atoms with E-state index < -0.39 is 21.7 Å². The number of esters is 1. The highest BCUT2D eigenvalue weighted by Crippen LogP contribution is 2.27. The number of anilines is 2. The third kappa shape index (κ3) is 4.92. The number of nitrogens with zero attached hydrogens (tertiary/aromatic N) is 1. The Labute approximate surface area is 179 Å². The van der Waals surface area contributed by atoms with Crippen molar-refractivity contribution in [2.75, 3.05) is 49.9 Å². The van der Waals surface area contributed by atoms with Gasteiger partial charge in [-0.3, -0.25) is 4.79 Å². The SMILES string of the molecule is COC(=O)c1cc(N2CCOCC2)ccc1NC(=O)c1cc(S(C)(=O)=O)ccc1Cl. The van der Waals surface area contributed by atoms with Crippen LogP contribution in [0.2, 0.25) is 5.02 Å². The lowest BCUT2D eigenvalue weighted by Crippen LogP contribution is -2.36. The van der Waals surface area contributed by atoms with E-state index >= 15 is 0 Å². The van der Waals surface area contributed by atoms with Gasteiger partial charge in [-0.25, -0.2) is 13.2 Å².